The van der Waals surface area contributed by atoms with Gasteiger partial charge in [-0.3, -0.25) is 0 Å². The number of methoxy groups -OCH3 is 1. The molecular formula is C25H18F5N3O4. The molecule has 1 aromatic heterocycles. The van der Waals surface area contributed by atoms with Crippen LogP contribution < -0.4 is 15.4 Å². The summed E-state index contributed by atoms with van der Waals surface area (Å²) in [6.45, 7) is 0. The molecular weight excluding hydrogens is 501 g/mol. The van der Waals surface area contributed by atoms with E-state index < -0.39 is 52.9 Å². The Morgan fingerprint density at radius 1 is 0.892 bits per heavy atom. The van der Waals surface area contributed by atoms with Crippen LogP contribution in [0.25, 0.3) is 10.9 Å². The molecule has 37 heavy (non-hydrogen) atoms. The third-order valence-electron chi connectivity index (χ3n) is 5.39. The van der Waals surface area contributed by atoms with Crippen LogP contribution in [0.5, 0.6) is 11.5 Å². The zero-order valence-corrected chi connectivity index (χ0v) is 19.0. The molecule has 192 valence electrons. The number of ether oxygens (including phenoxy) is 2. The zero-order valence-electron chi connectivity index (χ0n) is 19.0. The normalized spacial score (nSPS) is 11.7. The van der Waals surface area contributed by atoms with Crippen molar-refractivity contribution in [3.63, 3.8) is 0 Å². The second kappa shape index (κ2) is 10.6. The van der Waals surface area contributed by atoms with Gasteiger partial charge in [0.15, 0.2) is 0 Å². The number of carbonyl (C=O) groups is 2. The van der Waals surface area contributed by atoms with Crippen LogP contribution >= 0.6 is 0 Å². The van der Waals surface area contributed by atoms with E-state index in [0.717, 1.165) is 28.6 Å². The summed E-state index contributed by atoms with van der Waals surface area (Å²) >= 11 is 0. The van der Waals surface area contributed by atoms with Crippen molar-refractivity contribution in [2.45, 2.75) is 12.5 Å². The lowest BCUT2D eigenvalue weighted by Crippen LogP contribution is -2.45. The average Bonchev–Trinajstić information content (AvgIpc) is 3.31. The second-order valence-corrected chi connectivity index (χ2v) is 7.76. The number of aromatic nitrogens is 1. The van der Waals surface area contributed by atoms with Gasteiger partial charge < -0.3 is 25.1 Å². The molecule has 7 nitrogen and oxygen atoms in total. The first-order chi connectivity index (χ1) is 17.7. The zero-order chi connectivity index (χ0) is 26.7. The molecule has 0 aliphatic heterocycles. The molecule has 4 rings (SSSR count). The molecule has 1 heterocycles. The number of hydrogen-bond donors (Lipinski definition) is 3. The van der Waals surface area contributed by atoms with E-state index in [2.05, 4.69) is 15.6 Å². The summed E-state index contributed by atoms with van der Waals surface area (Å²) in [6, 6.07) is 10.4. The Morgan fingerprint density at radius 3 is 2.16 bits per heavy atom. The number of para-hydroxylation sites is 1. The number of aromatic amines is 1. The van der Waals surface area contributed by atoms with Gasteiger partial charge in [0.25, 0.3) is 0 Å². The molecule has 0 radical (unpaired) electrons. The molecule has 0 bridgehead atoms. The maximum atomic E-state index is 13.8. The predicted molar refractivity (Wildman–Crippen MR) is 123 cm³/mol. The highest BCUT2D eigenvalue weighted by Gasteiger charge is 2.27. The number of nitrogens with one attached hydrogen (secondary N) is 3. The van der Waals surface area contributed by atoms with Crippen LogP contribution in [-0.2, 0) is 16.0 Å². The molecule has 0 unspecified atom stereocenters. The van der Waals surface area contributed by atoms with E-state index >= 15 is 0 Å². The van der Waals surface area contributed by atoms with E-state index in [1.54, 1.807) is 6.20 Å². The van der Waals surface area contributed by atoms with Crippen molar-refractivity contribution in [1.82, 2.24) is 10.3 Å². The van der Waals surface area contributed by atoms with Crippen molar-refractivity contribution in [2.24, 2.45) is 0 Å². The standard InChI is InChI=1S/C25H18F5N3O4/c1-36-24(34)17(10-12-11-31-16-5-3-2-4-15(12)16)33-25(35)32-13-6-8-14(9-7-13)37-23-21(29)19(27)18(26)20(28)22(23)30/h2-9,11,17,31H,10H2,1H3,(H2,32,33,35)/t17-/m1/s1. The Bertz CT molecular complexity index is 1440. The Kier molecular flexibility index (Phi) is 7.27. The van der Waals surface area contributed by atoms with Crippen molar-refractivity contribution in [2.75, 3.05) is 12.4 Å². The molecule has 0 spiro atoms. The van der Waals surface area contributed by atoms with Gasteiger partial charge in [0.05, 0.1) is 7.11 Å². The fourth-order valence-electron chi connectivity index (χ4n) is 3.58. The van der Waals surface area contributed by atoms with Gasteiger partial charge in [-0.15, -0.1) is 0 Å². The summed E-state index contributed by atoms with van der Waals surface area (Å²) in [5.74, 6) is -13.2. The molecule has 3 N–H and O–H groups in total. The van der Waals surface area contributed by atoms with Gasteiger partial charge in [0, 0.05) is 29.2 Å². The van der Waals surface area contributed by atoms with E-state index in [4.69, 9.17) is 9.47 Å². The van der Waals surface area contributed by atoms with E-state index in [9.17, 15) is 31.5 Å². The van der Waals surface area contributed by atoms with Crippen LogP contribution in [0.4, 0.5) is 32.4 Å². The fourth-order valence-corrected chi connectivity index (χ4v) is 3.58. The van der Waals surface area contributed by atoms with E-state index in [0.29, 0.717) is 0 Å². The topological polar surface area (TPSA) is 92.5 Å². The number of benzene rings is 3. The molecule has 4 aromatic rings. The Labute approximate surface area is 206 Å². The maximum absolute atomic E-state index is 13.8. The highest BCUT2D eigenvalue weighted by atomic mass is 19.2. The number of urea groups is 1. The molecule has 0 saturated heterocycles. The summed E-state index contributed by atoms with van der Waals surface area (Å²) in [4.78, 5) is 27.9. The first-order valence-electron chi connectivity index (χ1n) is 10.7. The van der Waals surface area contributed by atoms with E-state index in [1.165, 1.54) is 19.2 Å². The lowest BCUT2D eigenvalue weighted by molar-refractivity contribution is -0.142. The highest BCUT2D eigenvalue weighted by molar-refractivity contribution is 5.93. The minimum atomic E-state index is -2.30. The molecule has 1 atom stereocenters. The predicted octanol–water partition coefficient (Wildman–Crippen LogP) is 5.56. The lowest BCUT2D eigenvalue weighted by atomic mass is 10.1. The van der Waals surface area contributed by atoms with Gasteiger partial charge in [-0.05, 0) is 35.9 Å². The second-order valence-electron chi connectivity index (χ2n) is 7.76. The maximum Gasteiger partial charge on any atom is 0.328 e. The van der Waals surface area contributed by atoms with Crippen molar-refractivity contribution in [3.05, 3.63) is 89.4 Å². The number of fused-ring (bicyclic) bond motifs is 1. The number of anilines is 1. The monoisotopic (exact) mass is 519 g/mol. The average molecular weight is 519 g/mol. The lowest BCUT2D eigenvalue weighted by Gasteiger charge is -2.17. The first-order valence-corrected chi connectivity index (χ1v) is 10.7. The Hall–Kier alpha value is -4.61. The summed E-state index contributed by atoms with van der Waals surface area (Å²) in [5.41, 5.74) is 1.82. The van der Waals surface area contributed by atoms with E-state index in [-0.39, 0.29) is 17.9 Å². The van der Waals surface area contributed by atoms with Crippen LogP contribution in [0.2, 0.25) is 0 Å². The number of esters is 1. The first kappa shape index (κ1) is 25.5. The van der Waals surface area contributed by atoms with Crippen LogP contribution in [0.3, 0.4) is 0 Å². The SMILES string of the molecule is COC(=O)[C@@H](Cc1c[nH]c2ccccc12)NC(=O)Nc1ccc(Oc2c(F)c(F)c(F)c(F)c2F)cc1. The van der Waals surface area contributed by atoms with Crippen molar-refractivity contribution in [3.8, 4) is 11.5 Å². The molecule has 3 aromatic carbocycles. The van der Waals surface area contributed by atoms with Gasteiger partial charge in [-0.1, -0.05) is 18.2 Å². The minimum Gasteiger partial charge on any atom is -0.467 e. The number of H-pyrrole nitrogens is 1. The summed E-state index contributed by atoms with van der Waals surface area (Å²) in [7, 11) is 1.19. The largest absolute Gasteiger partial charge is 0.467 e. The number of amides is 2. The van der Waals surface area contributed by atoms with Crippen molar-refractivity contribution < 1.29 is 41.0 Å². The Balaban J connectivity index is 1.43. The van der Waals surface area contributed by atoms with Crippen molar-refractivity contribution >= 4 is 28.6 Å². The molecule has 0 aliphatic carbocycles. The van der Waals surface area contributed by atoms with E-state index in [1.807, 2.05) is 24.3 Å². The minimum absolute atomic E-state index is 0.138. The molecule has 0 aliphatic rings. The summed E-state index contributed by atoms with van der Waals surface area (Å²) < 4.78 is 77.2. The van der Waals surface area contributed by atoms with Gasteiger partial charge in [0.1, 0.15) is 11.8 Å². The molecule has 0 fully saturated rings. The van der Waals surface area contributed by atoms with Crippen molar-refractivity contribution in [1.29, 1.82) is 0 Å². The number of rotatable bonds is 7. The molecule has 2 amide bonds. The molecule has 12 heteroatoms. The van der Waals surface area contributed by atoms with Crippen LogP contribution in [0.15, 0.2) is 54.7 Å². The van der Waals surface area contributed by atoms with Gasteiger partial charge in [-0.2, -0.15) is 8.78 Å². The number of carbonyl (C=O) groups excluding carboxylic acids is 2. The number of hydrogen-bond acceptors (Lipinski definition) is 4. The van der Waals surface area contributed by atoms with Crippen LogP contribution in [0, 0.1) is 29.1 Å². The van der Waals surface area contributed by atoms with Gasteiger partial charge >= 0.3 is 12.0 Å². The Morgan fingerprint density at radius 2 is 1.51 bits per heavy atom. The summed E-state index contributed by atoms with van der Waals surface area (Å²) in [6.07, 6.45) is 1.86. The molecule has 0 saturated carbocycles. The summed E-state index contributed by atoms with van der Waals surface area (Å²) in [5, 5.41) is 5.87. The highest BCUT2D eigenvalue weighted by Crippen LogP contribution is 2.33. The smallest absolute Gasteiger partial charge is 0.328 e. The van der Waals surface area contributed by atoms with Crippen LogP contribution in [-0.4, -0.2) is 30.1 Å². The third kappa shape index (κ3) is 5.32. The number of halogens is 5. The van der Waals surface area contributed by atoms with Gasteiger partial charge in [-0.25, -0.2) is 22.8 Å². The quantitative estimate of drug-likeness (QED) is 0.129. The fraction of sp³-hybridized carbons (Fsp3) is 0.120. The third-order valence-corrected chi connectivity index (χ3v) is 5.39. The van der Waals surface area contributed by atoms with Crippen LogP contribution in [0.1, 0.15) is 5.56 Å². The van der Waals surface area contributed by atoms with Gasteiger partial charge in [0.2, 0.25) is 34.8 Å².